The normalized spacial score (nSPS) is 45.6. The van der Waals surface area contributed by atoms with Gasteiger partial charge in [0.05, 0.1) is 6.54 Å². The molecule has 1 aliphatic heterocycles. The molecule has 0 aromatic rings. The van der Waals surface area contributed by atoms with Gasteiger partial charge in [0.15, 0.2) is 5.78 Å². The Morgan fingerprint density at radius 2 is 1.59 bits per heavy atom. The van der Waals surface area contributed by atoms with Crippen LogP contribution in [0.5, 0.6) is 0 Å². The zero-order valence-electron chi connectivity index (χ0n) is 16.5. The van der Waals surface area contributed by atoms with Crippen molar-refractivity contribution in [2.24, 2.45) is 29.1 Å². The third kappa shape index (κ3) is 2.67. The maximum Gasteiger partial charge on any atom is 0.325 e. The predicted octanol–water partition coefficient (Wildman–Crippen LogP) is 3.66. The molecule has 6 fully saturated rings. The maximum absolute atomic E-state index is 13.3. The Morgan fingerprint density at radius 1 is 1.04 bits per heavy atom. The van der Waals surface area contributed by atoms with Gasteiger partial charge in [0.2, 0.25) is 0 Å². The van der Waals surface area contributed by atoms with Crippen LogP contribution >= 0.6 is 0 Å². The molecule has 0 aromatic carbocycles. The molecule has 5 aliphatic carbocycles. The van der Waals surface area contributed by atoms with Crippen molar-refractivity contribution in [2.45, 2.75) is 83.1 Å². The summed E-state index contributed by atoms with van der Waals surface area (Å²) in [5, 5.41) is 2.98. The lowest BCUT2D eigenvalue weighted by Gasteiger charge is -2.56. The Labute approximate surface area is 161 Å². The average Bonchev–Trinajstić information content (AvgIpc) is 2.85. The van der Waals surface area contributed by atoms with Crippen LogP contribution in [-0.4, -0.2) is 34.7 Å². The van der Waals surface area contributed by atoms with E-state index in [1.54, 1.807) is 0 Å². The van der Waals surface area contributed by atoms with Crippen LogP contribution in [0.15, 0.2) is 0 Å². The largest absolute Gasteiger partial charge is 0.325 e. The number of amides is 3. The molecule has 0 aromatic heterocycles. The number of hydrogen-bond donors (Lipinski definition) is 1. The highest BCUT2D eigenvalue weighted by Crippen LogP contribution is 2.60. The lowest BCUT2D eigenvalue weighted by atomic mass is 9.48. The molecule has 5 saturated carbocycles. The molecule has 0 atom stereocenters. The number of urea groups is 1. The fourth-order valence-corrected chi connectivity index (χ4v) is 7.50. The summed E-state index contributed by atoms with van der Waals surface area (Å²) in [5.74, 6) is 2.75. The lowest BCUT2D eigenvalue weighted by Crippen LogP contribution is -2.53. The third-order valence-electron chi connectivity index (χ3n) is 8.71. The molecule has 6 aliphatic rings. The van der Waals surface area contributed by atoms with E-state index in [1.165, 1.54) is 24.2 Å². The molecule has 27 heavy (non-hydrogen) atoms. The highest BCUT2D eigenvalue weighted by molar-refractivity contribution is 6.09. The summed E-state index contributed by atoms with van der Waals surface area (Å²) >= 11 is 0. The molecule has 0 radical (unpaired) electrons. The van der Waals surface area contributed by atoms with Crippen LogP contribution in [-0.2, 0) is 9.59 Å². The minimum atomic E-state index is -0.732. The lowest BCUT2D eigenvalue weighted by molar-refractivity contribution is -0.147. The van der Waals surface area contributed by atoms with Crippen LogP contribution in [0.4, 0.5) is 4.79 Å². The summed E-state index contributed by atoms with van der Waals surface area (Å²) < 4.78 is 0. The van der Waals surface area contributed by atoms with Crippen LogP contribution in [0.2, 0.25) is 0 Å². The molecule has 4 bridgehead atoms. The highest BCUT2D eigenvalue weighted by atomic mass is 16.2. The number of ketones is 1. The van der Waals surface area contributed by atoms with Gasteiger partial charge in [-0.05, 0) is 87.9 Å². The maximum atomic E-state index is 13.3. The molecular weight excluding hydrogens is 340 g/mol. The second kappa shape index (κ2) is 6.05. The van der Waals surface area contributed by atoms with Gasteiger partial charge in [-0.1, -0.05) is 13.3 Å². The van der Waals surface area contributed by atoms with Gasteiger partial charge in [0.25, 0.3) is 5.91 Å². The molecule has 6 rings (SSSR count). The van der Waals surface area contributed by atoms with E-state index in [0.29, 0.717) is 23.7 Å². The zero-order chi connectivity index (χ0) is 18.8. The summed E-state index contributed by atoms with van der Waals surface area (Å²) in [7, 11) is 0. The monoisotopic (exact) mass is 372 g/mol. The van der Waals surface area contributed by atoms with Crippen molar-refractivity contribution in [2.75, 3.05) is 6.54 Å². The van der Waals surface area contributed by atoms with Crippen molar-refractivity contribution in [1.29, 1.82) is 0 Å². The van der Waals surface area contributed by atoms with E-state index in [4.69, 9.17) is 0 Å². The SMILES string of the molecule is CCC1CCC2(CC1)NC(=O)N(CC(=O)C13CC4CC(CC(C4)C1)C3)C2=O. The minimum absolute atomic E-state index is 0.00418. The molecule has 5 heteroatoms. The zero-order valence-corrected chi connectivity index (χ0v) is 16.5. The van der Waals surface area contributed by atoms with Crippen molar-refractivity contribution < 1.29 is 14.4 Å². The number of Topliss-reactive ketones (excluding diaryl/α,β-unsaturated/α-hetero) is 1. The van der Waals surface area contributed by atoms with Crippen molar-refractivity contribution >= 4 is 17.7 Å². The van der Waals surface area contributed by atoms with Gasteiger partial charge in [-0.25, -0.2) is 4.79 Å². The summed E-state index contributed by atoms with van der Waals surface area (Å²) in [4.78, 5) is 40.4. The number of nitrogens with zero attached hydrogens (tertiary/aromatic N) is 1. The molecule has 3 amide bonds. The van der Waals surface area contributed by atoms with Gasteiger partial charge >= 0.3 is 6.03 Å². The first kappa shape index (κ1) is 17.7. The topological polar surface area (TPSA) is 66.5 Å². The van der Waals surface area contributed by atoms with Gasteiger partial charge in [0, 0.05) is 5.41 Å². The van der Waals surface area contributed by atoms with Gasteiger partial charge in [-0.2, -0.15) is 0 Å². The summed E-state index contributed by atoms with van der Waals surface area (Å²) in [6.07, 6.45) is 11.4. The first-order valence-electron chi connectivity index (χ1n) is 11.1. The Hall–Kier alpha value is -1.39. The fourth-order valence-electron chi connectivity index (χ4n) is 7.50. The standard InChI is InChI=1S/C22H32N2O3/c1-2-14-3-5-22(6-4-14)19(26)24(20(27)23-22)13-18(25)21-10-15-7-16(11-21)9-17(8-15)12-21/h14-17H,2-13H2,1H3,(H,23,27). The minimum Gasteiger partial charge on any atom is -0.323 e. The fraction of sp³-hybridized carbons (Fsp3) is 0.864. The van der Waals surface area contributed by atoms with Crippen LogP contribution in [0.3, 0.4) is 0 Å². The first-order chi connectivity index (χ1) is 12.9. The molecule has 1 heterocycles. The van der Waals surface area contributed by atoms with Crippen molar-refractivity contribution in [1.82, 2.24) is 10.2 Å². The van der Waals surface area contributed by atoms with E-state index >= 15 is 0 Å². The molecular formula is C22H32N2O3. The predicted molar refractivity (Wildman–Crippen MR) is 101 cm³/mol. The van der Waals surface area contributed by atoms with Crippen LogP contribution < -0.4 is 5.32 Å². The molecule has 1 spiro atoms. The highest BCUT2D eigenvalue weighted by Gasteiger charge is 2.57. The van der Waals surface area contributed by atoms with E-state index in [9.17, 15) is 14.4 Å². The number of carbonyl (C=O) groups is 3. The Kier molecular flexibility index (Phi) is 3.97. The molecule has 0 unspecified atom stereocenters. The van der Waals surface area contributed by atoms with E-state index < -0.39 is 5.54 Å². The Balaban J connectivity index is 1.30. The van der Waals surface area contributed by atoms with Gasteiger partial charge < -0.3 is 5.32 Å². The van der Waals surface area contributed by atoms with Crippen LogP contribution in [0, 0.1) is 29.1 Å². The smallest absolute Gasteiger partial charge is 0.323 e. The Bertz CT molecular complexity index is 642. The van der Waals surface area contributed by atoms with E-state index in [1.807, 2.05) is 0 Å². The van der Waals surface area contributed by atoms with Gasteiger partial charge in [-0.15, -0.1) is 0 Å². The molecule has 5 nitrogen and oxygen atoms in total. The van der Waals surface area contributed by atoms with Crippen molar-refractivity contribution in [3.8, 4) is 0 Å². The van der Waals surface area contributed by atoms with Gasteiger partial charge in [0.1, 0.15) is 5.54 Å². The summed E-state index contributed by atoms with van der Waals surface area (Å²) in [5.41, 5.74) is -0.977. The van der Waals surface area contributed by atoms with E-state index in [2.05, 4.69) is 12.2 Å². The third-order valence-corrected chi connectivity index (χ3v) is 8.71. The number of imide groups is 1. The number of carbonyl (C=O) groups excluding carboxylic acids is 3. The summed E-state index contributed by atoms with van der Waals surface area (Å²) in [6, 6.07) is -0.340. The second-order valence-corrected chi connectivity index (χ2v) is 10.4. The number of nitrogens with one attached hydrogen (secondary N) is 1. The van der Waals surface area contributed by atoms with E-state index in [0.717, 1.165) is 51.4 Å². The van der Waals surface area contributed by atoms with Crippen LogP contribution in [0.1, 0.15) is 77.6 Å². The molecule has 1 saturated heterocycles. The van der Waals surface area contributed by atoms with Crippen LogP contribution in [0.25, 0.3) is 0 Å². The summed E-state index contributed by atoms with van der Waals surface area (Å²) in [6.45, 7) is 2.18. The van der Waals surface area contributed by atoms with E-state index in [-0.39, 0.29) is 29.7 Å². The van der Waals surface area contributed by atoms with Gasteiger partial charge in [-0.3, -0.25) is 14.5 Å². The Morgan fingerprint density at radius 3 is 2.11 bits per heavy atom. The number of hydrogen-bond acceptors (Lipinski definition) is 3. The molecule has 148 valence electrons. The van der Waals surface area contributed by atoms with Crippen molar-refractivity contribution in [3.63, 3.8) is 0 Å². The number of rotatable bonds is 4. The first-order valence-corrected chi connectivity index (χ1v) is 11.1. The quantitative estimate of drug-likeness (QED) is 0.766. The average molecular weight is 373 g/mol. The van der Waals surface area contributed by atoms with Crippen molar-refractivity contribution in [3.05, 3.63) is 0 Å². The molecule has 1 N–H and O–H groups in total. The second-order valence-electron chi connectivity index (χ2n) is 10.4.